The molecule has 0 aliphatic heterocycles. The van der Waals surface area contributed by atoms with Crippen LogP contribution in [0.2, 0.25) is 0 Å². The SMILES string of the molecule is CCCC(CCC)c1ccc(F)c(OCCCCC(=O)OC)c1. The third-order valence-corrected chi connectivity index (χ3v) is 3.96. The van der Waals surface area contributed by atoms with Gasteiger partial charge in [-0.2, -0.15) is 0 Å². The molecule has 0 radical (unpaired) electrons. The number of hydrogen-bond acceptors (Lipinski definition) is 3. The van der Waals surface area contributed by atoms with Crippen molar-refractivity contribution < 1.29 is 18.7 Å². The molecule has 23 heavy (non-hydrogen) atoms. The molecule has 1 rings (SSSR count). The Morgan fingerprint density at radius 2 is 1.87 bits per heavy atom. The van der Waals surface area contributed by atoms with Crippen LogP contribution in [0.25, 0.3) is 0 Å². The van der Waals surface area contributed by atoms with E-state index in [1.54, 1.807) is 0 Å². The zero-order chi connectivity index (χ0) is 17.1. The minimum atomic E-state index is -0.325. The number of methoxy groups -OCH3 is 1. The summed E-state index contributed by atoms with van der Waals surface area (Å²) in [7, 11) is 1.38. The monoisotopic (exact) mass is 324 g/mol. The number of benzene rings is 1. The molecule has 0 saturated carbocycles. The van der Waals surface area contributed by atoms with Crippen molar-refractivity contribution in [2.45, 2.75) is 64.7 Å². The fraction of sp³-hybridized carbons (Fsp3) is 0.632. The second-order valence-electron chi connectivity index (χ2n) is 5.85. The van der Waals surface area contributed by atoms with E-state index in [9.17, 15) is 9.18 Å². The van der Waals surface area contributed by atoms with Gasteiger partial charge in [0.1, 0.15) is 0 Å². The van der Waals surface area contributed by atoms with Crippen molar-refractivity contribution in [2.75, 3.05) is 13.7 Å². The lowest BCUT2D eigenvalue weighted by Gasteiger charge is -2.17. The maximum Gasteiger partial charge on any atom is 0.305 e. The van der Waals surface area contributed by atoms with Gasteiger partial charge in [0.2, 0.25) is 0 Å². The summed E-state index contributed by atoms with van der Waals surface area (Å²) >= 11 is 0. The van der Waals surface area contributed by atoms with E-state index in [-0.39, 0.29) is 11.8 Å². The van der Waals surface area contributed by atoms with E-state index in [2.05, 4.69) is 18.6 Å². The van der Waals surface area contributed by atoms with Gasteiger partial charge in [0, 0.05) is 6.42 Å². The molecule has 0 atom stereocenters. The van der Waals surface area contributed by atoms with Crippen LogP contribution < -0.4 is 4.74 Å². The largest absolute Gasteiger partial charge is 0.491 e. The van der Waals surface area contributed by atoms with Crippen molar-refractivity contribution in [3.8, 4) is 5.75 Å². The highest BCUT2D eigenvalue weighted by atomic mass is 19.1. The molecular weight excluding hydrogens is 295 g/mol. The van der Waals surface area contributed by atoms with Crippen LogP contribution in [0.1, 0.15) is 70.3 Å². The first-order chi connectivity index (χ1) is 11.1. The predicted octanol–water partition coefficient (Wildman–Crippen LogP) is 5.23. The first-order valence-corrected chi connectivity index (χ1v) is 8.61. The summed E-state index contributed by atoms with van der Waals surface area (Å²) in [6, 6.07) is 5.21. The summed E-state index contributed by atoms with van der Waals surface area (Å²) in [5.41, 5.74) is 1.15. The van der Waals surface area contributed by atoms with Crippen LogP contribution in [0.3, 0.4) is 0 Å². The number of halogens is 1. The van der Waals surface area contributed by atoms with Gasteiger partial charge in [0.25, 0.3) is 0 Å². The second-order valence-corrected chi connectivity index (χ2v) is 5.85. The summed E-state index contributed by atoms with van der Waals surface area (Å²) < 4.78 is 24.1. The topological polar surface area (TPSA) is 35.5 Å². The molecule has 0 unspecified atom stereocenters. The van der Waals surface area contributed by atoms with E-state index in [4.69, 9.17) is 4.74 Å². The van der Waals surface area contributed by atoms with Crippen LogP contribution in [0, 0.1) is 5.82 Å². The Morgan fingerprint density at radius 3 is 2.48 bits per heavy atom. The number of hydrogen-bond donors (Lipinski definition) is 0. The Hall–Kier alpha value is -1.58. The first kappa shape index (κ1) is 19.5. The van der Waals surface area contributed by atoms with Gasteiger partial charge in [-0.1, -0.05) is 32.8 Å². The van der Waals surface area contributed by atoms with E-state index >= 15 is 0 Å². The first-order valence-electron chi connectivity index (χ1n) is 8.61. The number of esters is 1. The highest BCUT2D eigenvalue weighted by molar-refractivity contribution is 5.68. The Bertz CT molecular complexity index is 468. The molecule has 0 bridgehead atoms. The van der Waals surface area contributed by atoms with Crippen LogP contribution in [0.4, 0.5) is 4.39 Å². The fourth-order valence-electron chi connectivity index (χ4n) is 2.71. The van der Waals surface area contributed by atoms with Gasteiger partial charge >= 0.3 is 5.97 Å². The predicted molar refractivity (Wildman–Crippen MR) is 90.3 cm³/mol. The molecule has 0 aromatic heterocycles. The molecule has 0 N–H and O–H groups in total. The van der Waals surface area contributed by atoms with Crippen molar-refractivity contribution in [3.05, 3.63) is 29.6 Å². The molecule has 0 amide bonds. The van der Waals surface area contributed by atoms with E-state index in [0.717, 1.165) is 31.2 Å². The Kier molecular flexibility index (Phi) is 9.34. The van der Waals surface area contributed by atoms with Gasteiger partial charge in [-0.3, -0.25) is 4.79 Å². The normalized spacial score (nSPS) is 10.8. The van der Waals surface area contributed by atoms with Crippen molar-refractivity contribution in [2.24, 2.45) is 0 Å². The summed E-state index contributed by atoms with van der Waals surface area (Å²) in [6.07, 6.45) is 6.21. The molecular formula is C19H29FO3. The van der Waals surface area contributed by atoms with E-state index in [0.29, 0.717) is 37.5 Å². The summed E-state index contributed by atoms with van der Waals surface area (Å²) in [6.45, 7) is 4.75. The van der Waals surface area contributed by atoms with Gasteiger partial charge in [-0.15, -0.1) is 0 Å². The molecule has 0 fully saturated rings. The van der Waals surface area contributed by atoms with Crippen molar-refractivity contribution in [1.29, 1.82) is 0 Å². The number of rotatable bonds is 11. The Balaban J connectivity index is 2.57. The lowest BCUT2D eigenvalue weighted by molar-refractivity contribution is -0.140. The molecule has 4 heteroatoms. The molecule has 0 aliphatic carbocycles. The smallest absolute Gasteiger partial charge is 0.305 e. The number of ether oxygens (including phenoxy) is 2. The highest BCUT2D eigenvalue weighted by Crippen LogP contribution is 2.30. The highest BCUT2D eigenvalue weighted by Gasteiger charge is 2.13. The van der Waals surface area contributed by atoms with Gasteiger partial charge in [0.15, 0.2) is 11.6 Å². The quantitative estimate of drug-likeness (QED) is 0.413. The zero-order valence-corrected chi connectivity index (χ0v) is 14.6. The molecule has 0 saturated heterocycles. The standard InChI is InChI=1S/C19H29FO3/c1-4-8-15(9-5-2)16-11-12-17(20)18(14-16)23-13-7-6-10-19(21)22-3/h11-12,14-15H,4-10,13H2,1-3H3. The third-order valence-electron chi connectivity index (χ3n) is 3.96. The number of carbonyl (C=O) groups is 1. The van der Waals surface area contributed by atoms with Gasteiger partial charge < -0.3 is 9.47 Å². The molecule has 0 heterocycles. The zero-order valence-electron chi connectivity index (χ0n) is 14.6. The lowest BCUT2D eigenvalue weighted by atomic mass is 9.90. The van der Waals surface area contributed by atoms with Crippen LogP contribution in [0.15, 0.2) is 18.2 Å². The van der Waals surface area contributed by atoms with Crippen LogP contribution in [-0.2, 0) is 9.53 Å². The van der Waals surface area contributed by atoms with Gasteiger partial charge in [-0.05, 0) is 49.3 Å². The third kappa shape index (κ3) is 7.02. The van der Waals surface area contributed by atoms with Crippen LogP contribution >= 0.6 is 0 Å². The van der Waals surface area contributed by atoms with E-state index in [1.807, 2.05) is 12.1 Å². The lowest BCUT2D eigenvalue weighted by Crippen LogP contribution is -2.04. The van der Waals surface area contributed by atoms with E-state index in [1.165, 1.54) is 13.2 Å². The molecule has 1 aromatic carbocycles. The molecule has 3 nitrogen and oxygen atoms in total. The van der Waals surface area contributed by atoms with Gasteiger partial charge in [-0.25, -0.2) is 4.39 Å². The molecule has 1 aromatic rings. The molecule has 130 valence electrons. The van der Waals surface area contributed by atoms with Crippen LogP contribution in [-0.4, -0.2) is 19.7 Å². The second kappa shape index (κ2) is 11.0. The van der Waals surface area contributed by atoms with Crippen molar-refractivity contribution in [1.82, 2.24) is 0 Å². The average Bonchev–Trinajstić information content (AvgIpc) is 2.55. The summed E-state index contributed by atoms with van der Waals surface area (Å²) in [5.74, 6) is 0.235. The van der Waals surface area contributed by atoms with E-state index < -0.39 is 0 Å². The van der Waals surface area contributed by atoms with Crippen LogP contribution in [0.5, 0.6) is 5.75 Å². The van der Waals surface area contributed by atoms with Crippen molar-refractivity contribution >= 4 is 5.97 Å². The Labute approximate surface area is 139 Å². The van der Waals surface area contributed by atoms with Gasteiger partial charge in [0.05, 0.1) is 13.7 Å². The average molecular weight is 324 g/mol. The minimum absolute atomic E-state index is 0.222. The fourth-order valence-corrected chi connectivity index (χ4v) is 2.71. The number of carbonyl (C=O) groups excluding carboxylic acids is 1. The molecule has 0 aliphatic rings. The maximum atomic E-state index is 13.9. The summed E-state index contributed by atoms with van der Waals surface area (Å²) in [4.78, 5) is 11.0. The minimum Gasteiger partial charge on any atom is -0.491 e. The van der Waals surface area contributed by atoms with Crippen molar-refractivity contribution in [3.63, 3.8) is 0 Å². The maximum absolute atomic E-state index is 13.9. The molecule has 0 spiro atoms. The Morgan fingerprint density at radius 1 is 1.17 bits per heavy atom. The number of unbranched alkanes of at least 4 members (excludes halogenated alkanes) is 1. The summed E-state index contributed by atoms with van der Waals surface area (Å²) in [5, 5.41) is 0.